The second-order valence-electron chi connectivity index (χ2n) is 6.94. The predicted molar refractivity (Wildman–Crippen MR) is 107 cm³/mol. The van der Waals surface area contributed by atoms with E-state index in [9.17, 15) is 20.4 Å². The van der Waals surface area contributed by atoms with Crippen molar-refractivity contribution >= 4 is 17.0 Å². The van der Waals surface area contributed by atoms with Crippen LogP contribution in [0, 0.1) is 0 Å². The fourth-order valence-corrected chi connectivity index (χ4v) is 3.61. The monoisotopic (exact) mass is 433 g/mol. The lowest BCUT2D eigenvalue weighted by atomic mass is 10.1. The number of benzene rings is 1. The minimum absolute atomic E-state index is 0.0373. The number of aromatic nitrogens is 4. The molecule has 2 aromatic heterocycles. The van der Waals surface area contributed by atoms with Crippen LogP contribution in [0.1, 0.15) is 11.8 Å². The fourth-order valence-electron chi connectivity index (χ4n) is 3.61. The SMILES string of the molecule is COc1c(O)ccc(CNc2ncnc3c2ncn3[C@@H]2O[C@H](CO)[C@@H](O)[C@H]2O)c1OC. The van der Waals surface area contributed by atoms with Crippen LogP contribution in [0.15, 0.2) is 24.8 Å². The zero-order valence-corrected chi connectivity index (χ0v) is 16.8. The molecule has 12 heteroatoms. The molecule has 0 saturated carbocycles. The average Bonchev–Trinajstić information content (AvgIpc) is 3.33. The number of phenols is 1. The molecule has 12 nitrogen and oxygen atoms in total. The molecule has 0 amide bonds. The fraction of sp³-hybridized carbons (Fsp3) is 0.421. The third kappa shape index (κ3) is 3.59. The second kappa shape index (κ2) is 8.51. The molecule has 0 radical (unpaired) electrons. The first-order valence-electron chi connectivity index (χ1n) is 9.46. The van der Waals surface area contributed by atoms with Gasteiger partial charge in [0.05, 0.1) is 27.2 Å². The van der Waals surface area contributed by atoms with E-state index in [-0.39, 0.29) is 18.0 Å². The van der Waals surface area contributed by atoms with Gasteiger partial charge in [0, 0.05) is 12.1 Å². The summed E-state index contributed by atoms with van der Waals surface area (Å²) in [4.78, 5) is 12.8. The maximum atomic E-state index is 10.3. The smallest absolute Gasteiger partial charge is 0.203 e. The van der Waals surface area contributed by atoms with Crippen molar-refractivity contribution in [1.82, 2.24) is 19.5 Å². The maximum absolute atomic E-state index is 10.3. The molecule has 4 rings (SSSR count). The van der Waals surface area contributed by atoms with E-state index in [1.807, 2.05) is 0 Å². The molecule has 0 bridgehead atoms. The zero-order chi connectivity index (χ0) is 22.1. The molecular formula is C19H23N5O7. The number of rotatable bonds is 7. The maximum Gasteiger partial charge on any atom is 0.203 e. The number of fused-ring (bicyclic) bond motifs is 1. The summed E-state index contributed by atoms with van der Waals surface area (Å²) in [5.41, 5.74) is 1.51. The number of aliphatic hydroxyl groups excluding tert-OH is 3. The Kier molecular flexibility index (Phi) is 5.78. The Bertz CT molecular complexity index is 1080. The Balaban J connectivity index is 1.61. The van der Waals surface area contributed by atoms with Crippen molar-refractivity contribution in [1.29, 1.82) is 0 Å². The lowest BCUT2D eigenvalue weighted by Crippen LogP contribution is -2.33. The van der Waals surface area contributed by atoms with Crippen molar-refractivity contribution in [3.05, 3.63) is 30.4 Å². The zero-order valence-electron chi connectivity index (χ0n) is 16.8. The summed E-state index contributed by atoms with van der Waals surface area (Å²) in [5, 5.41) is 42.7. The van der Waals surface area contributed by atoms with Gasteiger partial charge in [0.25, 0.3) is 0 Å². The highest BCUT2D eigenvalue weighted by Gasteiger charge is 2.44. The lowest BCUT2D eigenvalue weighted by molar-refractivity contribution is -0.0511. The molecule has 1 fully saturated rings. The minimum atomic E-state index is -1.25. The third-order valence-corrected chi connectivity index (χ3v) is 5.18. The number of methoxy groups -OCH3 is 2. The van der Waals surface area contributed by atoms with Crippen LogP contribution in [-0.4, -0.2) is 79.1 Å². The summed E-state index contributed by atoms with van der Waals surface area (Å²) in [6.07, 6.45) is -1.60. The molecule has 1 aliphatic rings. The van der Waals surface area contributed by atoms with Gasteiger partial charge in [-0.2, -0.15) is 0 Å². The van der Waals surface area contributed by atoms with Crippen molar-refractivity contribution in [2.75, 3.05) is 26.1 Å². The summed E-state index contributed by atoms with van der Waals surface area (Å²) in [6, 6.07) is 3.20. The molecule has 1 aromatic carbocycles. The van der Waals surface area contributed by atoms with Gasteiger partial charge in [-0.15, -0.1) is 0 Å². The summed E-state index contributed by atoms with van der Waals surface area (Å²) >= 11 is 0. The first-order chi connectivity index (χ1) is 15.0. The van der Waals surface area contributed by atoms with E-state index in [0.29, 0.717) is 28.3 Å². The number of anilines is 1. The van der Waals surface area contributed by atoms with Gasteiger partial charge >= 0.3 is 0 Å². The number of hydrogen-bond donors (Lipinski definition) is 5. The van der Waals surface area contributed by atoms with Crippen molar-refractivity contribution in [3.63, 3.8) is 0 Å². The quantitative estimate of drug-likeness (QED) is 0.334. The van der Waals surface area contributed by atoms with E-state index in [1.54, 1.807) is 6.07 Å². The molecule has 0 unspecified atom stereocenters. The van der Waals surface area contributed by atoms with Gasteiger partial charge in [0.2, 0.25) is 5.75 Å². The summed E-state index contributed by atoms with van der Waals surface area (Å²) < 4.78 is 17.6. The summed E-state index contributed by atoms with van der Waals surface area (Å²) in [7, 11) is 2.92. The lowest BCUT2D eigenvalue weighted by Gasteiger charge is -2.16. The van der Waals surface area contributed by atoms with Gasteiger partial charge in [0.1, 0.15) is 24.6 Å². The number of imidazole rings is 1. The van der Waals surface area contributed by atoms with E-state index in [0.717, 1.165) is 0 Å². The molecule has 1 aliphatic heterocycles. The van der Waals surface area contributed by atoms with Crippen molar-refractivity contribution in [2.24, 2.45) is 0 Å². The molecule has 4 atom stereocenters. The van der Waals surface area contributed by atoms with Crippen LogP contribution < -0.4 is 14.8 Å². The normalized spacial score (nSPS) is 23.3. The number of hydrogen-bond acceptors (Lipinski definition) is 11. The highest BCUT2D eigenvalue weighted by molar-refractivity contribution is 5.82. The van der Waals surface area contributed by atoms with E-state index in [4.69, 9.17) is 14.2 Å². The molecule has 1 saturated heterocycles. The number of nitrogens with zero attached hydrogens (tertiary/aromatic N) is 4. The van der Waals surface area contributed by atoms with Gasteiger partial charge in [-0.25, -0.2) is 15.0 Å². The van der Waals surface area contributed by atoms with Crippen LogP contribution in [0.25, 0.3) is 11.2 Å². The summed E-state index contributed by atoms with van der Waals surface area (Å²) in [5.74, 6) is 0.995. The molecule has 3 aromatic rings. The number of phenolic OH excluding ortho intramolecular Hbond substituents is 1. The molecule has 0 spiro atoms. The largest absolute Gasteiger partial charge is 0.504 e. The van der Waals surface area contributed by atoms with Crippen LogP contribution in [0.3, 0.4) is 0 Å². The number of nitrogens with one attached hydrogen (secondary N) is 1. The van der Waals surface area contributed by atoms with Gasteiger partial charge in [-0.05, 0) is 12.1 Å². The molecule has 0 aliphatic carbocycles. The predicted octanol–water partition coefficient (Wildman–Crippen LogP) is -0.227. The first kappa shape index (κ1) is 21.1. The van der Waals surface area contributed by atoms with Crippen LogP contribution >= 0.6 is 0 Å². The molecule has 166 valence electrons. The van der Waals surface area contributed by atoms with Crippen LogP contribution in [0.2, 0.25) is 0 Å². The Morgan fingerprint density at radius 3 is 2.55 bits per heavy atom. The van der Waals surface area contributed by atoms with E-state index < -0.39 is 31.1 Å². The van der Waals surface area contributed by atoms with E-state index in [1.165, 1.54) is 37.5 Å². The number of aliphatic hydroxyl groups is 3. The number of ether oxygens (including phenoxy) is 3. The van der Waals surface area contributed by atoms with Crippen LogP contribution in [0.4, 0.5) is 5.82 Å². The van der Waals surface area contributed by atoms with Crippen molar-refractivity contribution in [3.8, 4) is 17.2 Å². The Morgan fingerprint density at radius 2 is 1.87 bits per heavy atom. The first-order valence-corrected chi connectivity index (χ1v) is 9.46. The van der Waals surface area contributed by atoms with Crippen molar-refractivity contribution < 1.29 is 34.6 Å². The highest BCUT2D eigenvalue weighted by Crippen LogP contribution is 2.39. The molecular weight excluding hydrogens is 410 g/mol. The van der Waals surface area contributed by atoms with Gasteiger partial charge in [0.15, 0.2) is 34.7 Å². The minimum Gasteiger partial charge on any atom is -0.504 e. The molecule has 3 heterocycles. The molecule has 31 heavy (non-hydrogen) atoms. The van der Waals surface area contributed by atoms with Crippen LogP contribution in [0.5, 0.6) is 17.2 Å². The van der Waals surface area contributed by atoms with Crippen molar-refractivity contribution in [2.45, 2.75) is 31.1 Å². The van der Waals surface area contributed by atoms with Gasteiger partial charge < -0.3 is 40.0 Å². The Labute approximate surface area is 176 Å². The Morgan fingerprint density at radius 1 is 1.10 bits per heavy atom. The van der Waals surface area contributed by atoms with Crippen LogP contribution in [-0.2, 0) is 11.3 Å². The summed E-state index contributed by atoms with van der Waals surface area (Å²) in [6.45, 7) is -0.145. The molecule has 5 N–H and O–H groups in total. The van der Waals surface area contributed by atoms with E-state index in [2.05, 4.69) is 20.3 Å². The number of aromatic hydroxyl groups is 1. The third-order valence-electron chi connectivity index (χ3n) is 5.18. The average molecular weight is 433 g/mol. The Hall–Kier alpha value is -3.19. The topological polar surface area (TPSA) is 164 Å². The van der Waals surface area contributed by atoms with Gasteiger partial charge in [-0.3, -0.25) is 4.57 Å². The standard InChI is InChI=1S/C19H23N5O7/c1-29-15-9(3-4-10(26)16(15)30-2)5-20-17-12-18(22-7-21-17)24(8-23-12)19-14(28)13(27)11(6-25)31-19/h3-4,7-8,11,13-14,19,25-28H,5-6H2,1-2H3,(H,20,21,22)/t11-,13-,14-,19-/m1/s1. The van der Waals surface area contributed by atoms with E-state index >= 15 is 0 Å². The second-order valence-corrected chi connectivity index (χ2v) is 6.94. The van der Waals surface area contributed by atoms with Gasteiger partial charge in [-0.1, -0.05) is 0 Å². The highest BCUT2D eigenvalue weighted by atomic mass is 16.6.